The summed E-state index contributed by atoms with van der Waals surface area (Å²) in [5.74, 6) is 1.97. The normalized spacial score (nSPS) is 10.5. The van der Waals surface area contributed by atoms with Gasteiger partial charge in [0.15, 0.2) is 6.61 Å². The number of nitrogens with zero attached hydrogens (tertiary/aromatic N) is 3. The lowest BCUT2D eigenvalue weighted by molar-refractivity contribution is -0.118. The van der Waals surface area contributed by atoms with Crippen molar-refractivity contribution in [1.82, 2.24) is 15.1 Å². The second-order valence-corrected chi connectivity index (χ2v) is 6.59. The molecule has 1 amide bonds. The first-order valence-corrected chi connectivity index (χ1v) is 9.59. The minimum atomic E-state index is -0.272. The van der Waals surface area contributed by atoms with Crippen LogP contribution in [0.25, 0.3) is 11.4 Å². The van der Waals surface area contributed by atoms with Gasteiger partial charge < -0.3 is 19.3 Å². The molecule has 2 aromatic carbocycles. The number of hydrogen-bond acceptors (Lipinski definition) is 7. The quantitative estimate of drug-likeness (QED) is 0.467. The van der Waals surface area contributed by atoms with Crippen LogP contribution in [0.15, 0.2) is 77.6 Å². The summed E-state index contributed by atoms with van der Waals surface area (Å²) >= 11 is 0. The Morgan fingerprint density at radius 3 is 2.52 bits per heavy atom. The van der Waals surface area contributed by atoms with Crippen molar-refractivity contribution in [2.75, 3.05) is 19.0 Å². The van der Waals surface area contributed by atoms with Gasteiger partial charge in [-0.3, -0.25) is 9.78 Å². The third-order valence-corrected chi connectivity index (χ3v) is 4.47. The highest BCUT2D eigenvalue weighted by Crippen LogP contribution is 2.21. The van der Waals surface area contributed by atoms with Crippen molar-refractivity contribution in [3.8, 4) is 22.9 Å². The second kappa shape index (κ2) is 9.53. The molecule has 1 N–H and O–H groups in total. The molecule has 0 saturated carbocycles. The van der Waals surface area contributed by atoms with Crippen molar-refractivity contribution >= 4 is 11.6 Å². The van der Waals surface area contributed by atoms with E-state index < -0.39 is 0 Å². The average molecular weight is 416 g/mol. The van der Waals surface area contributed by atoms with Gasteiger partial charge in [-0.15, -0.1) is 0 Å². The van der Waals surface area contributed by atoms with Crippen LogP contribution < -0.4 is 14.8 Å². The number of nitrogens with one attached hydrogen (secondary N) is 1. The molecule has 8 heteroatoms. The van der Waals surface area contributed by atoms with Gasteiger partial charge in [0.25, 0.3) is 5.91 Å². The molecule has 2 heterocycles. The number of para-hydroxylation sites is 1. The number of anilines is 1. The number of amides is 1. The lowest BCUT2D eigenvalue weighted by Gasteiger charge is -2.11. The van der Waals surface area contributed by atoms with Crippen LogP contribution in [0.2, 0.25) is 0 Å². The smallest absolute Gasteiger partial charge is 0.262 e. The van der Waals surface area contributed by atoms with E-state index >= 15 is 0 Å². The Bertz CT molecular complexity index is 1140. The maximum Gasteiger partial charge on any atom is 0.262 e. The molecule has 2 aromatic heterocycles. The molecule has 0 aliphatic rings. The number of ether oxygens (including phenoxy) is 2. The van der Waals surface area contributed by atoms with Crippen molar-refractivity contribution < 1.29 is 18.8 Å². The predicted molar refractivity (Wildman–Crippen MR) is 114 cm³/mol. The van der Waals surface area contributed by atoms with Gasteiger partial charge in [0.2, 0.25) is 11.7 Å². The third kappa shape index (κ3) is 5.24. The summed E-state index contributed by atoms with van der Waals surface area (Å²) in [6.45, 7) is -0.118. The van der Waals surface area contributed by atoms with E-state index in [4.69, 9.17) is 14.0 Å². The SMILES string of the molecule is COc1ccc(OCC(=O)Nc2ccccc2Cc2nc(-c3ccncc3)no2)cc1. The van der Waals surface area contributed by atoms with Gasteiger partial charge in [0, 0.05) is 23.6 Å². The van der Waals surface area contributed by atoms with Gasteiger partial charge >= 0.3 is 0 Å². The number of carbonyl (C=O) groups is 1. The minimum absolute atomic E-state index is 0.118. The topological polar surface area (TPSA) is 99.4 Å². The molecule has 0 bridgehead atoms. The zero-order valence-corrected chi connectivity index (χ0v) is 16.8. The van der Waals surface area contributed by atoms with Crippen LogP contribution in [0.4, 0.5) is 5.69 Å². The number of hydrogen-bond donors (Lipinski definition) is 1. The van der Waals surface area contributed by atoms with Crippen molar-refractivity contribution in [2.24, 2.45) is 0 Å². The Morgan fingerprint density at radius 1 is 1.00 bits per heavy atom. The highest BCUT2D eigenvalue weighted by Gasteiger charge is 2.13. The lowest BCUT2D eigenvalue weighted by atomic mass is 10.1. The molecule has 0 spiro atoms. The minimum Gasteiger partial charge on any atom is -0.497 e. The molecule has 0 saturated heterocycles. The Hall–Kier alpha value is -4.20. The predicted octanol–water partition coefficient (Wildman–Crippen LogP) is 3.75. The number of carbonyl (C=O) groups excluding carboxylic acids is 1. The lowest BCUT2D eigenvalue weighted by Crippen LogP contribution is -2.21. The third-order valence-electron chi connectivity index (χ3n) is 4.47. The largest absolute Gasteiger partial charge is 0.497 e. The van der Waals surface area contributed by atoms with Gasteiger partial charge in [-0.1, -0.05) is 23.4 Å². The second-order valence-electron chi connectivity index (χ2n) is 6.59. The fourth-order valence-corrected chi connectivity index (χ4v) is 2.91. The standard InChI is InChI=1S/C23H20N4O4/c1-29-18-6-8-19(9-7-18)30-15-21(28)25-20-5-3-2-4-17(20)14-22-26-23(27-31-22)16-10-12-24-13-11-16/h2-13H,14-15H2,1H3,(H,25,28). The summed E-state index contributed by atoms with van der Waals surface area (Å²) in [4.78, 5) is 20.8. The number of pyridine rings is 1. The van der Waals surface area contributed by atoms with Crippen LogP contribution in [-0.4, -0.2) is 34.7 Å². The Morgan fingerprint density at radius 2 is 1.74 bits per heavy atom. The van der Waals surface area contributed by atoms with E-state index in [0.717, 1.165) is 16.9 Å². The van der Waals surface area contributed by atoms with Gasteiger partial charge in [-0.05, 0) is 48.0 Å². The van der Waals surface area contributed by atoms with Crippen LogP contribution in [0, 0.1) is 0 Å². The van der Waals surface area contributed by atoms with Crippen LogP contribution in [-0.2, 0) is 11.2 Å². The summed E-state index contributed by atoms with van der Waals surface area (Å²) < 4.78 is 16.0. The average Bonchev–Trinajstić information content (AvgIpc) is 3.28. The molecular formula is C23H20N4O4. The zero-order valence-electron chi connectivity index (χ0n) is 16.8. The van der Waals surface area contributed by atoms with Crippen LogP contribution in [0.5, 0.6) is 11.5 Å². The van der Waals surface area contributed by atoms with Crippen molar-refractivity contribution in [1.29, 1.82) is 0 Å². The molecule has 4 aromatic rings. The molecule has 0 aliphatic carbocycles. The zero-order chi connectivity index (χ0) is 21.5. The van der Waals surface area contributed by atoms with Crippen LogP contribution in [0.1, 0.15) is 11.5 Å². The van der Waals surface area contributed by atoms with Gasteiger partial charge in [-0.25, -0.2) is 0 Å². The Kier molecular flexibility index (Phi) is 6.18. The van der Waals surface area contributed by atoms with Crippen LogP contribution in [0.3, 0.4) is 0 Å². The number of rotatable bonds is 8. The highest BCUT2D eigenvalue weighted by atomic mass is 16.5. The first-order valence-electron chi connectivity index (χ1n) is 9.59. The fourth-order valence-electron chi connectivity index (χ4n) is 2.91. The summed E-state index contributed by atoms with van der Waals surface area (Å²) in [7, 11) is 1.59. The number of benzene rings is 2. The van der Waals surface area contributed by atoms with Gasteiger partial charge in [0.05, 0.1) is 13.5 Å². The van der Waals surface area contributed by atoms with E-state index in [1.54, 1.807) is 43.8 Å². The van der Waals surface area contributed by atoms with Gasteiger partial charge in [-0.2, -0.15) is 4.98 Å². The molecule has 0 unspecified atom stereocenters. The Balaban J connectivity index is 1.39. The van der Waals surface area contributed by atoms with E-state index in [0.29, 0.717) is 29.6 Å². The van der Waals surface area contributed by atoms with Crippen molar-refractivity contribution in [3.63, 3.8) is 0 Å². The van der Waals surface area contributed by atoms with Crippen LogP contribution >= 0.6 is 0 Å². The maximum atomic E-state index is 12.4. The van der Waals surface area contributed by atoms with E-state index in [-0.39, 0.29) is 12.5 Å². The van der Waals surface area contributed by atoms with E-state index in [9.17, 15) is 4.79 Å². The first-order chi connectivity index (χ1) is 15.2. The number of methoxy groups -OCH3 is 1. The van der Waals surface area contributed by atoms with Crippen molar-refractivity contribution in [3.05, 3.63) is 84.5 Å². The summed E-state index contributed by atoms with van der Waals surface area (Å²) in [5, 5.41) is 6.89. The van der Waals surface area contributed by atoms with Crippen molar-refractivity contribution in [2.45, 2.75) is 6.42 Å². The molecule has 8 nitrogen and oxygen atoms in total. The molecule has 0 atom stereocenters. The van der Waals surface area contributed by atoms with Gasteiger partial charge in [0.1, 0.15) is 11.5 Å². The highest BCUT2D eigenvalue weighted by molar-refractivity contribution is 5.92. The van der Waals surface area contributed by atoms with E-state index in [1.807, 2.05) is 36.4 Å². The molecule has 0 fully saturated rings. The summed E-state index contributed by atoms with van der Waals surface area (Å²) in [5.41, 5.74) is 2.34. The maximum absolute atomic E-state index is 12.4. The summed E-state index contributed by atoms with van der Waals surface area (Å²) in [6, 6.07) is 18.1. The molecule has 4 rings (SSSR count). The molecular weight excluding hydrogens is 396 g/mol. The molecule has 0 radical (unpaired) electrons. The summed E-state index contributed by atoms with van der Waals surface area (Å²) in [6.07, 6.45) is 3.72. The van der Waals surface area contributed by atoms with E-state index in [2.05, 4.69) is 20.4 Å². The molecule has 156 valence electrons. The monoisotopic (exact) mass is 416 g/mol. The fraction of sp³-hybridized carbons (Fsp3) is 0.130. The number of aromatic nitrogens is 3. The van der Waals surface area contributed by atoms with E-state index in [1.165, 1.54) is 0 Å². The Labute approximate surface area is 178 Å². The molecule has 0 aliphatic heterocycles. The first kappa shape index (κ1) is 20.1. The molecule has 31 heavy (non-hydrogen) atoms.